The van der Waals surface area contributed by atoms with Gasteiger partial charge in [0, 0.05) is 16.1 Å². The van der Waals surface area contributed by atoms with Crippen LogP contribution in [-0.4, -0.2) is 16.2 Å². The fourth-order valence-corrected chi connectivity index (χ4v) is 1.48. The lowest BCUT2D eigenvalue weighted by Gasteiger charge is -2.04. The minimum atomic E-state index is -1.08. The van der Waals surface area contributed by atoms with Crippen LogP contribution in [0.5, 0.6) is 5.75 Å². The highest BCUT2D eigenvalue weighted by molar-refractivity contribution is 9.10. The van der Waals surface area contributed by atoms with E-state index < -0.39 is 11.8 Å². The summed E-state index contributed by atoms with van der Waals surface area (Å²) in [6.45, 7) is 0. The van der Waals surface area contributed by atoms with Crippen molar-refractivity contribution in [1.82, 2.24) is 0 Å². The van der Waals surface area contributed by atoms with Crippen LogP contribution in [0, 0.1) is 5.82 Å². The molecule has 0 aromatic heterocycles. The summed E-state index contributed by atoms with van der Waals surface area (Å²) in [6, 6.07) is 1.99. The van der Waals surface area contributed by atoms with Crippen molar-refractivity contribution in [3.63, 3.8) is 0 Å². The number of aromatic hydroxyl groups is 1. The van der Waals surface area contributed by atoms with E-state index in [2.05, 4.69) is 15.9 Å². The first-order valence-electron chi connectivity index (χ1n) is 3.39. The van der Waals surface area contributed by atoms with Gasteiger partial charge in [0.25, 0.3) is 0 Å². The van der Waals surface area contributed by atoms with Gasteiger partial charge in [-0.3, -0.25) is 4.79 Å². The van der Waals surface area contributed by atoms with Crippen LogP contribution in [0.2, 0.25) is 0 Å². The van der Waals surface area contributed by atoms with E-state index in [-0.39, 0.29) is 22.2 Å². The van der Waals surface area contributed by atoms with Crippen LogP contribution in [0.3, 0.4) is 0 Å². The molecular weight excluding hydrogens is 243 g/mol. The van der Waals surface area contributed by atoms with Crippen LogP contribution < -0.4 is 0 Å². The highest BCUT2D eigenvalue weighted by atomic mass is 79.9. The van der Waals surface area contributed by atoms with Gasteiger partial charge in [-0.2, -0.15) is 0 Å². The van der Waals surface area contributed by atoms with Gasteiger partial charge in [0.1, 0.15) is 11.6 Å². The summed E-state index contributed by atoms with van der Waals surface area (Å²) in [5.41, 5.74) is 0.175. The SMILES string of the molecule is O=C(O)Cc1c(O)cc(F)cc1Br. The molecule has 0 amide bonds. The van der Waals surface area contributed by atoms with Crippen molar-refractivity contribution < 1.29 is 19.4 Å². The number of carboxylic acid groups (broad SMARTS) is 1. The van der Waals surface area contributed by atoms with E-state index in [1.165, 1.54) is 0 Å². The lowest BCUT2D eigenvalue weighted by Crippen LogP contribution is -2.01. The zero-order chi connectivity index (χ0) is 10.0. The van der Waals surface area contributed by atoms with Crippen LogP contribution in [0.25, 0.3) is 0 Å². The maximum absolute atomic E-state index is 12.6. The highest BCUT2D eigenvalue weighted by Crippen LogP contribution is 2.27. The van der Waals surface area contributed by atoms with Gasteiger partial charge in [-0.1, -0.05) is 15.9 Å². The highest BCUT2D eigenvalue weighted by Gasteiger charge is 2.11. The summed E-state index contributed by atoms with van der Waals surface area (Å²) in [6.07, 6.45) is -0.341. The minimum absolute atomic E-state index is 0.175. The van der Waals surface area contributed by atoms with Crippen molar-refractivity contribution >= 4 is 21.9 Å². The van der Waals surface area contributed by atoms with Gasteiger partial charge in [-0.05, 0) is 6.07 Å². The van der Waals surface area contributed by atoms with Crippen LogP contribution >= 0.6 is 15.9 Å². The first-order chi connectivity index (χ1) is 6.00. The predicted molar refractivity (Wildman–Crippen MR) is 47.1 cm³/mol. The third kappa shape index (κ3) is 2.42. The molecule has 0 fully saturated rings. The Kier molecular flexibility index (Phi) is 2.87. The molecule has 1 aromatic rings. The van der Waals surface area contributed by atoms with E-state index in [1.807, 2.05) is 0 Å². The molecule has 3 nitrogen and oxygen atoms in total. The average Bonchev–Trinajstić information content (AvgIpc) is 1.96. The lowest BCUT2D eigenvalue weighted by molar-refractivity contribution is -0.136. The first kappa shape index (κ1) is 9.98. The van der Waals surface area contributed by atoms with Crippen molar-refractivity contribution in [1.29, 1.82) is 0 Å². The Bertz CT molecular complexity index is 328. The Labute approximate surface area is 81.9 Å². The van der Waals surface area contributed by atoms with Crippen molar-refractivity contribution in [3.05, 3.63) is 28.0 Å². The third-order valence-corrected chi connectivity index (χ3v) is 2.17. The van der Waals surface area contributed by atoms with Crippen molar-refractivity contribution in [2.45, 2.75) is 6.42 Å². The molecule has 1 rings (SSSR count). The molecule has 0 unspecified atom stereocenters. The van der Waals surface area contributed by atoms with Gasteiger partial charge in [0.05, 0.1) is 6.42 Å². The summed E-state index contributed by atoms with van der Waals surface area (Å²) in [5, 5.41) is 17.6. The van der Waals surface area contributed by atoms with Gasteiger partial charge in [0.2, 0.25) is 0 Å². The number of rotatable bonds is 2. The maximum atomic E-state index is 12.6. The number of carbonyl (C=O) groups is 1. The van der Waals surface area contributed by atoms with Crippen LogP contribution in [0.1, 0.15) is 5.56 Å². The molecule has 5 heteroatoms. The topological polar surface area (TPSA) is 57.5 Å². The van der Waals surface area contributed by atoms with Crippen molar-refractivity contribution in [2.24, 2.45) is 0 Å². The van der Waals surface area contributed by atoms with E-state index in [4.69, 9.17) is 5.11 Å². The van der Waals surface area contributed by atoms with Crippen molar-refractivity contribution in [2.75, 3.05) is 0 Å². The molecule has 0 saturated carbocycles. The second-order valence-corrected chi connectivity index (χ2v) is 3.31. The van der Waals surface area contributed by atoms with E-state index in [0.29, 0.717) is 0 Å². The number of phenols is 1. The van der Waals surface area contributed by atoms with Gasteiger partial charge < -0.3 is 10.2 Å². The molecule has 1 aromatic carbocycles. The maximum Gasteiger partial charge on any atom is 0.308 e. The summed E-state index contributed by atoms with van der Waals surface area (Å²) in [5.74, 6) is -2.05. The summed E-state index contributed by atoms with van der Waals surface area (Å²) < 4.78 is 12.9. The molecule has 0 radical (unpaired) electrons. The van der Waals surface area contributed by atoms with Gasteiger partial charge in [-0.25, -0.2) is 4.39 Å². The summed E-state index contributed by atoms with van der Waals surface area (Å²) in [7, 11) is 0. The molecular formula is C8H6BrFO3. The fourth-order valence-electron chi connectivity index (χ4n) is 0.916. The van der Waals surface area contributed by atoms with Gasteiger partial charge >= 0.3 is 5.97 Å². The fraction of sp³-hybridized carbons (Fsp3) is 0.125. The van der Waals surface area contributed by atoms with Crippen molar-refractivity contribution in [3.8, 4) is 5.75 Å². The van der Waals surface area contributed by atoms with E-state index in [9.17, 15) is 14.3 Å². The Hall–Kier alpha value is -1.10. The second kappa shape index (κ2) is 3.74. The quantitative estimate of drug-likeness (QED) is 0.841. The van der Waals surface area contributed by atoms with E-state index >= 15 is 0 Å². The van der Waals surface area contributed by atoms with Gasteiger partial charge in [0.15, 0.2) is 0 Å². The lowest BCUT2D eigenvalue weighted by atomic mass is 10.1. The van der Waals surface area contributed by atoms with E-state index in [1.54, 1.807) is 0 Å². The smallest absolute Gasteiger partial charge is 0.308 e. The Morgan fingerprint density at radius 3 is 2.62 bits per heavy atom. The number of benzene rings is 1. The summed E-state index contributed by atoms with van der Waals surface area (Å²) in [4.78, 5) is 10.3. The van der Waals surface area contributed by atoms with Gasteiger partial charge in [-0.15, -0.1) is 0 Å². The number of aliphatic carboxylic acids is 1. The second-order valence-electron chi connectivity index (χ2n) is 2.46. The molecule has 70 valence electrons. The monoisotopic (exact) mass is 248 g/mol. The average molecular weight is 249 g/mol. The molecule has 0 aliphatic rings. The number of hydrogen-bond donors (Lipinski definition) is 2. The number of halogens is 2. The Morgan fingerprint density at radius 2 is 2.15 bits per heavy atom. The first-order valence-corrected chi connectivity index (χ1v) is 4.18. The number of carboxylic acids is 1. The van der Waals surface area contributed by atoms with Crippen LogP contribution in [0.15, 0.2) is 16.6 Å². The molecule has 0 aliphatic heterocycles. The molecule has 13 heavy (non-hydrogen) atoms. The summed E-state index contributed by atoms with van der Waals surface area (Å²) >= 11 is 2.96. The Balaban J connectivity index is 3.13. The zero-order valence-electron chi connectivity index (χ0n) is 6.42. The molecule has 0 aliphatic carbocycles. The minimum Gasteiger partial charge on any atom is -0.508 e. The molecule has 0 saturated heterocycles. The standard InChI is InChI=1S/C8H6BrFO3/c9-6-1-4(10)2-7(11)5(6)3-8(12)13/h1-2,11H,3H2,(H,12,13). The molecule has 0 bridgehead atoms. The molecule has 0 spiro atoms. The van der Waals surface area contributed by atoms with E-state index in [0.717, 1.165) is 12.1 Å². The van der Waals surface area contributed by atoms with Crippen LogP contribution in [-0.2, 0) is 11.2 Å². The third-order valence-electron chi connectivity index (χ3n) is 1.46. The Morgan fingerprint density at radius 1 is 1.54 bits per heavy atom. The number of hydrogen-bond acceptors (Lipinski definition) is 2. The molecule has 0 atom stereocenters. The predicted octanol–water partition coefficient (Wildman–Crippen LogP) is 1.92. The molecule has 0 heterocycles. The number of phenolic OH excluding ortho intramolecular Hbond substituents is 1. The largest absolute Gasteiger partial charge is 0.508 e. The zero-order valence-corrected chi connectivity index (χ0v) is 8.01. The normalized spacial score (nSPS) is 10.0. The molecule has 2 N–H and O–H groups in total. The van der Waals surface area contributed by atoms with Crippen LogP contribution in [0.4, 0.5) is 4.39 Å².